The molecule has 6 heteroatoms. The Morgan fingerprint density at radius 3 is 2.85 bits per heavy atom. The average Bonchev–Trinajstić information content (AvgIpc) is 3.22. The predicted molar refractivity (Wildman–Crippen MR) is 108 cm³/mol. The van der Waals surface area contributed by atoms with Crippen LogP contribution in [0.4, 0.5) is 10.8 Å². The number of aryl methyl sites for hydroxylation is 2. The molecule has 0 unspecified atom stereocenters. The lowest BCUT2D eigenvalue weighted by atomic mass is 10.0. The number of amides is 2. The fourth-order valence-electron chi connectivity index (χ4n) is 3.11. The van der Waals surface area contributed by atoms with Crippen LogP contribution in [-0.4, -0.2) is 16.8 Å². The van der Waals surface area contributed by atoms with Gasteiger partial charge in [0.2, 0.25) is 11.8 Å². The van der Waals surface area contributed by atoms with Gasteiger partial charge in [-0.2, -0.15) is 0 Å². The van der Waals surface area contributed by atoms with Crippen LogP contribution in [0.15, 0.2) is 41.8 Å². The molecular weight excluding hydrogens is 358 g/mol. The molecule has 0 saturated heterocycles. The van der Waals surface area contributed by atoms with Crippen LogP contribution in [0.1, 0.15) is 22.3 Å². The number of carbonyl (C=O) groups excluding carboxylic acids is 2. The minimum Gasteiger partial charge on any atom is -0.326 e. The standard InChI is InChI=1S/C21H19N3O2S/c1-12-3-4-14(7-13(12)2)8-19(25)24-21-23-18(11-27-21)15-5-6-17-16(9-15)10-20(26)22-17/h3-7,9,11H,8,10H2,1-2H3,(H,22,26)(H,23,24,25). The van der Waals surface area contributed by atoms with Gasteiger partial charge >= 0.3 is 0 Å². The Morgan fingerprint density at radius 1 is 1.19 bits per heavy atom. The Hall–Kier alpha value is -2.99. The fraction of sp³-hybridized carbons (Fsp3) is 0.190. The van der Waals surface area contributed by atoms with Gasteiger partial charge in [0.05, 0.1) is 18.5 Å². The molecule has 1 aliphatic rings. The van der Waals surface area contributed by atoms with Crippen molar-refractivity contribution >= 4 is 34.0 Å². The van der Waals surface area contributed by atoms with E-state index in [9.17, 15) is 9.59 Å². The van der Waals surface area contributed by atoms with E-state index in [1.807, 2.05) is 48.7 Å². The second-order valence-corrected chi connectivity index (χ2v) is 7.64. The maximum absolute atomic E-state index is 12.3. The minimum atomic E-state index is -0.0806. The van der Waals surface area contributed by atoms with Crippen molar-refractivity contribution in [1.82, 2.24) is 4.98 Å². The van der Waals surface area contributed by atoms with Crippen molar-refractivity contribution in [2.75, 3.05) is 10.6 Å². The number of thiazole rings is 1. The molecule has 0 aliphatic carbocycles. The number of benzene rings is 2. The van der Waals surface area contributed by atoms with Crippen molar-refractivity contribution in [3.63, 3.8) is 0 Å². The van der Waals surface area contributed by atoms with Crippen LogP contribution in [0, 0.1) is 13.8 Å². The molecule has 2 heterocycles. The number of aromatic nitrogens is 1. The molecule has 1 aromatic heterocycles. The van der Waals surface area contributed by atoms with Crippen molar-refractivity contribution < 1.29 is 9.59 Å². The van der Waals surface area contributed by atoms with Gasteiger partial charge in [-0.25, -0.2) is 4.98 Å². The highest BCUT2D eigenvalue weighted by Gasteiger charge is 2.18. The molecule has 0 radical (unpaired) electrons. The number of anilines is 2. The van der Waals surface area contributed by atoms with Crippen LogP contribution in [0.2, 0.25) is 0 Å². The first kappa shape index (κ1) is 17.4. The molecule has 1 aliphatic heterocycles. The molecule has 2 amide bonds. The van der Waals surface area contributed by atoms with Gasteiger partial charge in [0, 0.05) is 16.6 Å². The SMILES string of the molecule is Cc1ccc(CC(=O)Nc2nc(-c3ccc4c(c3)CC(=O)N4)cs2)cc1C. The number of rotatable bonds is 4. The van der Waals surface area contributed by atoms with Crippen molar-refractivity contribution in [2.24, 2.45) is 0 Å². The fourth-order valence-corrected chi connectivity index (χ4v) is 3.85. The van der Waals surface area contributed by atoms with Gasteiger partial charge in [0.25, 0.3) is 0 Å². The summed E-state index contributed by atoms with van der Waals surface area (Å²) in [6.07, 6.45) is 0.718. The lowest BCUT2D eigenvalue weighted by Crippen LogP contribution is -2.14. The Balaban J connectivity index is 1.45. The molecule has 136 valence electrons. The van der Waals surface area contributed by atoms with Gasteiger partial charge < -0.3 is 10.6 Å². The molecule has 0 bridgehead atoms. The minimum absolute atomic E-state index is 0.0136. The monoisotopic (exact) mass is 377 g/mol. The van der Waals surface area contributed by atoms with Crippen LogP contribution in [0.3, 0.4) is 0 Å². The second-order valence-electron chi connectivity index (χ2n) is 6.78. The zero-order valence-electron chi connectivity index (χ0n) is 15.1. The van der Waals surface area contributed by atoms with E-state index in [0.717, 1.165) is 28.1 Å². The molecule has 0 fully saturated rings. The Bertz CT molecular complexity index is 1060. The van der Waals surface area contributed by atoms with E-state index in [1.165, 1.54) is 22.5 Å². The topological polar surface area (TPSA) is 71.1 Å². The predicted octanol–water partition coefficient (Wildman–Crippen LogP) is 4.10. The number of fused-ring (bicyclic) bond motifs is 1. The first-order valence-electron chi connectivity index (χ1n) is 8.72. The first-order valence-corrected chi connectivity index (χ1v) is 9.60. The highest BCUT2D eigenvalue weighted by Crippen LogP contribution is 2.30. The number of carbonyl (C=O) groups is 2. The number of nitrogens with zero attached hydrogens (tertiary/aromatic N) is 1. The van der Waals surface area contributed by atoms with E-state index in [-0.39, 0.29) is 11.8 Å². The highest BCUT2D eigenvalue weighted by atomic mass is 32.1. The number of hydrogen-bond donors (Lipinski definition) is 2. The van der Waals surface area contributed by atoms with Crippen molar-refractivity contribution in [2.45, 2.75) is 26.7 Å². The lowest BCUT2D eigenvalue weighted by molar-refractivity contribution is -0.116. The summed E-state index contributed by atoms with van der Waals surface area (Å²) in [7, 11) is 0. The maximum atomic E-state index is 12.3. The third-order valence-corrected chi connectivity index (χ3v) is 5.47. The molecule has 0 atom stereocenters. The summed E-state index contributed by atoms with van der Waals surface area (Å²) in [5, 5.41) is 8.19. The lowest BCUT2D eigenvalue weighted by Gasteiger charge is -2.05. The molecule has 5 nitrogen and oxygen atoms in total. The van der Waals surface area contributed by atoms with Crippen molar-refractivity contribution in [1.29, 1.82) is 0 Å². The van der Waals surface area contributed by atoms with E-state index < -0.39 is 0 Å². The quantitative estimate of drug-likeness (QED) is 0.719. The smallest absolute Gasteiger partial charge is 0.230 e. The van der Waals surface area contributed by atoms with Gasteiger partial charge in [-0.05, 0) is 48.2 Å². The second kappa shape index (κ2) is 6.96. The average molecular weight is 377 g/mol. The molecule has 4 rings (SSSR count). The molecule has 0 saturated carbocycles. The summed E-state index contributed by atoms with van der Waals surface area (Å²) in [5.74, 6) is -0.0670. The molecule has 0 spiro atoms. The Morgan fingerprint density at radius 2 is 2.04 bits per heavy atom. The van der Waals surface area contributed by atoms with Gasteiger partial charge in [-0.15, -0.1) is 11.3 Å². The third-order valence-electron chi connectivity index (χ3n) is 4.71. The van der Waals surface area contributed by atoms with Crippen LogP contribution < -0.4 is 10.6 Å². The summed E-state index contributed by atoms with van der Waals surface area (Å²) in [6.45, 7) is 4.10. The van der Waals surface area contributed by atoms with Crippen LogP contribution in [-0.2, 0) is 22.4 Å². The molecular formula is C21H19N3O2S. The van der Waals surface area contributed by atoms with E-state index in [4.69, 9.17) is 0 Å². The zero-order valence-corrected chi connectivity index (χ0v) is 15.9. The van der Waals surface area contributed by atoms with Crippen molar-refractivity contribution in [3.05, 3.63) is 64.0 Å². The summed E-state index contributed by atoms with van der Waals surface area (Å²) in [5.41, 5.74) is 6.96. The largest absolute Gasteiger partial charge is 0.326 e. The first-order chi connectivity index (χ1) is 13.0. The Labute approximate surface area is 161 Å². The van der Waals surface area contributed by atoms with E-state index in [2.05, 4.69) is 22.5 Å². The molecule has 27 heavy (non-hydrogen) atoms. The van der Waals surface area contributed by atoms with Crippen LogP contribution in [0.25, 0.3) is 11.3 Å². The summed E-state index contributed by atoms with van der Waals surface area (Å²) in [6, 6.07) is 11.9. The maximum Gasteiger partial charge on any atom is 0.230 e. The normalized spacial score (nSPS) is 12.6. The molecule has 3 aromatic rings. The van der Waals surface area contributed by atoms with Gasteiger partial charge in [-0.1, -0.05) is 24.3 Å². The van der Waals surface area contributed by atoms with Gasteiger partial charge in [0.15, 0.2) is 5.13 Å². The van der Waals surface area contributed by atoms with Crippen molar-refractivity contribution in [3.8, 4) is 11.3 Å². The number of hydrogen-bond acceptors (Lipinski definition) is 4. The molecule has 2 N–H and O–H groups in total. The number of nitrogens with one attached hydrogen (secondary N) is 2. The van der Waals surface area contributed by atoms with Gasteiger partial charge in [-0.3, -0.25) is 9.59 Å². The van der Waals surface area contributed by atoms with Crippen LogP contribution in [0.5, 0.6) is 0 Å². The summed E-state index contributed by atoms with van der Waals surface area (Å²) in [4.78, 5) is 28.3. The summed E-state index contributed by atoms with van der Waals surface area (Å²) >= 11 is 1.40. The van der Waals surface area contributed by atoms with Gasteiger partial charge in [0.1, 0.15) is 0 Å². The third kappa shape index (κ3) is 3.75. The van der Waals surface area contributed by atoms with E-state index >= 15 is 0 Å². The molecule has 2 aromatic carbocycles. The zero-order chi connectivity index (χ0) is 19.0. The summed E-state index contributed by atoms with van der Waals surface area (Å²) < 4.78 is 0. The van der Waals surface area contributed by atoms with E-state index in [0.29, 0.717) is 18.0 Å². The van der Waals surface area contributed by atoms with E-state index in [1.54, 1.807) is 0 Å². The van der Waals surface area contributed by atoms with Crippen LogP contribution >= 0.6 is 11.3 Å². The highest BCUT2D eigenvalue weighted by molar-refractivity contribution is 7.14. The Kier molecular flexibility index (Phi) is 4.49.